The second kappa shape index (κ2) is 6.65. The standard InChI is InChI=1S/C14H16N4O3/c1-3-7-15-14-16-10(2)8-13(17-14)21-12-6-4-5-11(9-12)18(19)20/h4-6,8-9H,3,7H2,1-2H3,(H,15,16,17). The summed E-state index contributed by atoms with van der Waals surface area (Å²) >= 11 is 0. The number of ether oxygens (including phenoxy) is 1. The average Bonchev–Trinajstić information content (AvgIpc) is 2.45. The van der Waals surface area contributed by atoms with E-state index in [-0.39, 0.29) is 5.69 Å². The molecule has 0 amide bonds. The zero-order chi connectivity index (χ0) is 15.2. The number of aryl methyl sites for hydroxylation is 1. The Morgan fingerprint density at radius 1 is 1.33 bits per heavy atom. The summed E-state index contributed by atoms with van der Waals surface area (Å²) in [6, 6.07) is 7.65. The molecular formula is C14H16N4O3. The van der Waals surface area contributed by atoms with Gasteiger partial charge in [-0.3, -0.25) is 10.1 Å². The Labute approximate surface area is 122 Å². The van der Waals surface area contributed by atoms with E-state index in [1.54, 1.807) is 18.2 Å². The molecule has 0 aliphatic carbocycles. The maximum atomic E-state index is 10.7. The predicted octanol–water partition coefficient (Wildman–Crippen LogP) is 3.31. The average molecular weight is 288 g/mol. The zero-order valence-corrected chi connectivity index (χ0v) is 11.9. The van der Waals surface area contributed by atoms with Crippen molar-refractivity contribution in [2.24, 2.45) is 0 Å². The van der Waals surface area contributed by atoms with Crippen LogP contribution in [-0.4, -0.2) is 21.4 Å². The minimum atomic E-state index is -0.466. The molecule has 0 bridgehead atoms. The van der Waals surface area contributed by atoms with Crippen LogP contribution in [0.15, 0.2) is 30.3 Å². The first-order valence-corrected chi connectivity index (χ1v) is 6.60. The molecular weight excluding hydrogens is 272 g/mol. The van der Waals surface area contributed by atoms with Crippen molar-refractivity contribution in [2.75, 3.05) is 11.9 Å². The fourth-order valence-corrected chi connectivity index (χ4v) is 1.69. The Morgan fingerprint density at radius 2 is 2.14 bits per heavy atom. The van der Waals surface area contributed by atoms with Crippen LogP contribution >= 0.6 is 0 Å². The SMILES string of the molecule is CCCNc1nc(C)cc(Oc2cccc([N+](=O)[O-])c2)n1. The molecule has 110 valence electrons. The summed E-state index contributed by atoms with van der Waals surface area (Å²) in [4.78, 5) is 18.8. The Balaban J connectivity index is 2.20. The normalized spacial score (nSPS) is 10.2. The topological polar surface area (TPSA) is 90.2 Å². The molecule has 0 aliphatic rings. The summed E-state index contributed by atoms with van der Waals surface area (Å²) in [5.41, 5.74) is 0.728. The van der Waals surface area contributed by atoms with Gasteiger partial charge < -0.3 is 10.1 Å². The zero-order valence-electron chi connectivity index (χ0n) is 11.9. The molecule has 0 radical (unpaired) electrons. The monoisotopic (exact) mass is 288 g/mol. The Kier molecular flexibility index (Phi) is 4.65. The van der Waals surface area contributed by atoms with Gasteiger partial charge in [-0.05, 0) is 19.4 Å². The van der Waals surface area contributed by atoms with E-state index in [2.05, 4.69) is 15.3 Å². The first kappa shape index (κ1) is 14.7. The van der Waals surface area contributed by atoms with Crippen LogP contribution in [0.2, 0.25) is 0 Å². The highest BCUT2D eigenvalue weighted by Crippen LogP contribution is 2.24. The van der Waals surface area contributed by atoms with Crippen molar-refractivity contribution >= 4 is 11.6 Å². The largest absolute Gasteiger partial charge is 0.439 e. The second-order valence-corrected chi connectivity index (χ2v) is 4.45. The first-order chi connectivity index (χ1) is 10.1. The molecule has 0 saturated carbocycles. The van der Waals surface area contributed by atoms with Gasteiger partial charge in [0, 0.05) is 24.4 Å². The van der Waals surface area contributed by atoms with Crippen molar-refractivity contribution in [3.63, 3.8) is 0 Å². The van der Waals surface area contributed by atoms with E-state index in [4.69, 9.17) is 4.74 Å². The minimum absolute atomic E-state index is 0.0254. The number of nitro groups is 1. The lowest BCUT2D eigenvalue weighted by Gasteiger charge is -2.08. The Morgan fingerprint density at radius 3 is 2.86 bits per heavy atom. The number of hydrogen-bond acceptors (Lipinski definition) is 6. The number of rotatable bonds is 6. The smallest absolute Gasteiger partial charge is 0.273 e. The van der Waals surface area contributed by atoms with E-state index in [9.17, 15) is 10.1 Å². The molecule has 1 aromatic carbocycles. The van der Waals surface area contributed by atoms with Gasteiger partial charge in [-0.1, -0.05) is 13.0 Å². The van der Waals surface area contributed by atoms with Gasteiger partial charge in [0.25, 0.3) is 5.69 Å². The number of non-ortho nitro benzene ring substituents is 1. The fourth-order valence-electron chi connectivity index (χ4n) is 1.69. The Bertz CT molecular complexity index is 646. The van der Waals surface area contributed by atoms with Crippen LogP contribution in [0.1, 0.15) is 19.0 Å². The van der Waals surface area contributed by atoms with Crippen molar-refractivity contribution in [3.05, 3.63) is 46.1 Å². The molecule has 0 atom stereocenters. The van der Waals surface area contributed by atoms with Crippen LogP contribution in [0, 0.1) is 17.0 Å². The number of aromatic nitrogens is 2. The van der Waals surface area contributed by atoms with E-state index in [0.717, 1.165) is 18.7 Å². The first-order valence-electron chi connectivity index (χ1n) is 6.60. The van der Waals surface area contributed by atoms with Gasteiger partial charge in [-0.15, -0.1) is 0 Å². The molecule has 1 N–H and O–H groups in total. The summed E-state index contributed by atoms with van der Waals surface area (Å²) in [6.45, 7) is 4.64. The summed E-state index contributed by atoms with van der Waals surface area (Å²) < 4.78 is 5.58. The van der Waals surface area contributed by atoms with Crippen molar-refractivity contribution < 1.29 is 9.66 Å². The number of nitrogens with zero attached hydrogens (tertiary/aromatic N) is 3. The van der Waals surface area contributed by atoms with Gasteiger partial charge in [0.15, 0.2) is 0 Å². The highest BCUT2D eigenvalue weighted by atomic mass is 16.6. The van der Waals surface area contributed by atoms with Crippen molar-refractivity contribution in [1.82, 2.24) is 9.97 Å². The van der Waals surface area contributed by atoms with Gasteiger partial charge >= 0.3 is 0 Å². The van der Waals surface area contributed by atoms with E-state index in [1.165, 1.54) is 12.1 Å². The molecule has 7 nitrogen and oxygen atoms in total. The number of benzene rings is 1. The molecule has 1 heterocycles. The van der Waals surface area contributed by atoms with Gasteiger partial charge in [-0.2, -0.15) is 4.98 Å². The molecule has 2 rings (SSSR count). The molecule has 0 saturated heterocycles. The van der Waals surface area contributed by atoms with Crippen LogP contribution in [0.3, 0.4) is 0 Å². The van der Waals surface area contributed by atoms with E-state index in [1.807, 2.05) is 13.8 Å². The van der Waals surface area contributed by atoms with E-state index in [0.29, 0.717) is 17.6 Å². The Hall–Kier alpha value is -2.70. The molecule has 2 aromatic rings. The number of nitrogens with one attached hydrogen (secondary N) is 1. The highest BCUT2D eigenvalue weighted by Gasteiger charge is 2.09. The highest BCUT2D eigenvalue weighted by molar-refractivity contribution is 5.40. The quantitative estimate of drug-likeness (QED) is 0.647. The summed E-state index contributed by atoms with van der Waals surface area (Å²) in [6.07, 6.45) is 0.957. The third-order valence-corrected chi connectivity index (χ3v) is 2.61. The maximum Gasteiger partial charge on any atom is 0.273 e. The molecule has 7 heteroatoms. The van der Waals surface area contributed by atoms with Crippen LogP contribution in [0.4, 0.5) is 11.6 Å². The van der Waals surface area contributed by atoms with Gasteiger partial charge in [0.2, 0.25) is 11.8 Å². The minimum Gasteiger partial charge on any atom is -0.439 e. The van der Waals surface area contributed by atoms with E-state index < -0.39 is 4.92 Å². The summed E-state index contributed by atoms with van der Waals surface area (Å²) in [5.74, 6) is 1.20. The fraction of sp³-hybridized carbons (Fsp3) is 0.286. The number of anilines is 1. The molecule has 0 unspecified atom stereocenters. The third kappa shape index (κ3) is 4.13. The molecule has 21 heavy (non-hydrogen) atoms. The molecule has 0 aliphatic heterocycles. The second-order valence-electron chi connectivity index (χ2n) is 4.45. The third-order valence-electron chi connectivity index (χ3n) is 2.61. The molecule has 1 aromatic heterocycles. The lowest BCUT2D eigenvalue weighted by Crippen LogP contribution is -2.05. The van der Waals surface area contributed by atoms with Crippen molar-refractivity contribution in [2.45, 2.75) is 20.3 Å². The van der Waals surface area contributed by atoms with Gasteiger partial charge in [0.1, 0.15) is 5.75 Å². The molecule has 0 spiro atoms. The van der Waals surface area contributed by atoms with Crippen molar-refractivity contribution in [1.29, 1.82) is 0 Å². The van der Waals surface area contributed by atoms with Crippen LogP contribution in [0.25, 0.3) is 0 Å². The number of nitro benzene ring substituents is 1. The van der Waals surface area contributed by atoms with E-state index >= 15 is 0 Å². The van der Waals surface area contributed by atoms with Crippen molar-refractivity contribution in [3.8, 4) is 11.6 Å². The summed E-state index contributed by atoms with van der Waals surface area (Å²) in [5, 5.41) is 13.8. The lowest BCUT2D eigenvalue weighted by molar-refractivity contribution is -0.384. The van der Waals surface area contributed by atoms with Crippen LogP contribution < -0.4 is 10.1 Å². The lowest BCUT2D eigenvalue weighted by atomic mass is 10.3. The molecule has 0 fully saturated rings. The maximum absolute atomic E-state index is 10.7. The predicted molar refractivity (Wildman–Crippen MR) is 78.7 cm³/mol. The summed E-state index contributed by atoms with van der Waals surface area (Å²) in [7, 11) is 0. The van der Waals surface area contributed by atoms with Gasteiger partial charge in [-0.25, -0.2) is 4.98 Å². The van der Waals surface area contributed by atoms with Crippen LogP contribution in [-0.2, 0) is 0 Å². The van der Waals surface area contributed by atoms with Crippen LogP contribution in [0.5, 0.6) is 11.6 Å². The van der Waals surface area contributed by atoms with Gasteiger partial charge in [0.05, 0.1) is 11.0 Å². The number of hydrogen-bond donors (Lipinski definition) is 1.